The second-order valence-electron chi connectivity index (χ2n) is 8.64. The predicted molar refractivity (Wildman–Crippen MR) is 122 cm³/mol. The Morgan fingerprint density at radius 2 is 2.06 bits per heavy atom. The number of fused-ring (bicyclic) bond motifs is 1. The van der Waals surface area contributed by atoms with Gasteiger partial charge in [0, 0.05) is 32.8 Å². The van der Waals surface area contributed by atoms with Gasteiger partial charge in [-0.3, -0.25) is 9.69 Å². The van der Waals surface area contributed by atoms with Crippen LogP contribution in [0.4, 0.5) is 0 Å². The fourth-order valence-corrected chi connectivity index (χ4v) is 4.69. The van der Waals surface area contributed by atoms with Gasteiger partial charge in [-0.15, -0.1) is 5.10 Å². The lowest BCUT2D eigenvalue weighted by Gasteiger charge is -2.30. The van der Waals surface area contributed by atoms with E-state index < -0.39 is 0 Å². The first-order valence-corrected chi connectivity index (χ1v) is 11.4. The van der Waals surface area contributed by atoms with Crippen molar-refractivity contribution in [2.45, 2.75) is 45.4 Å². The van der Waals surface area contributed by atoms with Crippen LogP contribution in [0.5, 0.6) is 0 Å². The minimum Gasteiger partial charge on any atom is -0.376 e. The second-order valence-corrected chi connectivity index (χ2v) is 8.64. The number of nitrogens with zero attached hydrogens (tertiary/aromatic N) is 4. The fraction of sp³-hybridized carbons (Fsp3) is 0.400. The molecule has 0 aliphatic carbocycles. The van der Waals surface area contributed by atoms with Crippen LogP contribution < -0.4 is 5.32 Å². The number of benzene rings is 2. The molecule has 3 heterocycles. The Kier molecular flexibility index (Phi) is 6.01. The highest BCUT2D eigenvalue weighted by molar-refractivity contribution is 5.93. The van der Waals surface area contributed by atoms with Crippen LogP contribution in [0.25, 0.3) is 5.69 Å². The molecule has 32 heavy (non-hydrogen) atoms. The van der Waals surface area contributed by atoms with Crippen LogP contribution in [0.1, 0.15) is 45.7 Å². The van der Waals surface area contributed by atoms with Crippen LogP contribution in [0, 0.1) is 6.92 Å². The van der Waals surface area contributed by atoms with Crippen molar-refractivity contribution >= 4 is 5.91 Å². The van der Waals surface area contributed by atoms with E-state index in [2.05, 4.69) is 69.1 Å². The van der Waals surface area contributed by atoms with Crippen molar-refractivity contribution in [3.63, 3.8) is 0 Å². The smallest absolute Gasteiger partial charge is 0.273 e. The quantitative estimate of drug-likeness (QED) is 0.650. The molecule has 1 amide bonds. The molecule has 1 unspecified atom stereocenters. The van der Waals surface area contributed by atoms with Gasteiger partial charge in [0.15, 0.2) is 5.69 Å². The molecule has 0 saturated carbocycles. The van der Waals surface area contributed by atoms with E-state index in [4.69, 9.17) is 4.74 Å². The van der Waals surface area contributed by atoms with E-state index in [0.717, 1.165) is 56.9 Å². The predicted octanol–water partition coefficient (Wildman–Crippen LogP) is 3.04. The lowest BCUT2D eigenvalue weighted by Crippen LogP contribution is -2.32. The van der Waals surface area contributed by atoms with Crippen LogP contribution in [-0.2, 0) is 24.2 Å². The molecule has 2 aliphatic heterocycles. The molecule has 1 N–H and O–H groups in total. The molecule has 1 fully saturated rings. The van der Waals surface area contributed by atoms with Gasteiger partial charge in [-0.05, 0) is 48.9 Å². The summed E-state index contributed by atoms with van der Waals surface area (Å²) in [6.07, 6.45) is 3.09. The van der Waals surface area contributed by atoms with E-state index in [1.165, 1.54) is 16.7 Å². The molecule has 166 valence electrons. The number of amides is 1. The third kappa shape index (κ3) is 4.31. The summed E-state index contributed by atoms with van der Waals surface area (Å²) in [4.78, 5) is 15.2. The van der Waals surface area contributed by atoms with Gasteiger partial charge < -0.3 is 10.1 Å². The van der Waals surface area contributed by atoms with Gasteiger partial charge in [-0.2, -0.15) is 0 Å². The van der Waals surface area contributed by atoms with Gasteiger partial charge in [0.1, 0.15) is 0 Å². The van der Waals surface area contributed by atoms with Gasteiger partial charge in [-0.1, -0.05) is 47.7 Å². The monoisotopic (exact) mass is 431 g/mol. The summed E-state index contributed by atoms with van der Waals surface area (Å²) in [5, 5.41) is 11.5. The SMILES string of the molecule is Cc1c(C(=O)NCC2CCCO2)nnn1-c1cccc2c1CCN(Cc1ccccc1)C2. The van der Waals surface area contributed by atoms with Crippen LogP contribution in [0.15, 0.2) is 48.5 Å². The Morgan fingerprint density at radius 3 is 2.88 bits per heavy atom. The Hall–Kier alpha value is -3.03. The molecule has 2 aliphatic rings. The molecule has 2 aromatic carbocycles. The van der Waals surface area contributed by atoms with Crippen LogP contribution in [0.2, 0.25) is 0 Å². The van der Waals surface area contributed by atoms with E-state index in [9.17, 15) is 4.79 Å². The summed E-state index contributed by atoms with van der Waals surface area (Å²) in [7, 11) is 0. The molecule has 0 bridgehead atoms. The van der Waals surface area contributed by atoms with Gasteiger partial charge >= 0.3 is 0 Å². The number of nitrogens with one attached hydrogen (secondary N) is 1. The number of rotatable bonds is 6. The van der Waals surface area contributed by atoms with Crippen LogP contribution in [0.3, 0.4) is 0 Å². The van der Waals surface area contributed by atoms with Crippen LogP contribution in [-0.4, -0.2) is 51.6 Å². The average molecular weight is 432 g/mol. The molecule has 0 radical (unpaired) electrons. The van der Waals surface area contributed by atoms with Crippen molar-refractivity contribution < 1.29 is 9.53 Å². The van der Waals surface area contributed by atoms with Gasteiger partial charge in [0.2, 0.25) is 0 Å². The molecular formula is C25H29N5O2. The number of ether oxygens (including phenoxy) is 1. The van der Waals surface area contributed by atoms with E-state index in [1.807, 2.05) is 11.6 Å². The highest BCUT2D eigenvalue weighted by Gasteiger charge is 2.24. The molecule has 5 rings (SSSR count). The third-order valence-electron chi connectivity index (χ3n) is 6.42. The maximum Gasteiger partial charge on any atom is 0.273 e. The summed E-state index contributed by atoms with van der Waals surface area (Å²) in [6, 6.07) is 16.9. The molecule has 7 nitrogen and oxygen atoms in total. The minimum absolute atomic E-state index is 0.106. The number of hydrogen-bond donors (Lipinski definition) is 1. The lowest BCUT2D eigenvalue weighted by atomic mass is 9.97. The molecule has 1 aromatic heterocycles. The van der Waals surface area contributed by atoms with Crippen molar-refractivity contribution in [3.8, 4) is 5.69 Å². The highest BCUT2D eigenvalue weighted by atomic mass is 16.5. The highest BCUT2D eigenvalue weighted by Crippen LogP contribution is 2.27. The maximum atomic E-state index is 12.7. The zero-order valence-electron chi connectivity index (χ0n) is 18.5. The molecular weight excluding hydrogens is 402 g/mol. The van der Waals surface area contributed by atoms with Crippen LogP contribution >= 0.6 is 0 Å². The second kappa shape index (κ2) is 9.22. The molecule has 3 aromatic rings. The van der Waals surface area contributed by atoms with Crippen molar-refractivity contribution in [1.29, 1.82) is 0 Å². The number of aromatic nitrogens is 3. The van der Waals surface area contributed by atoms with E-state index in [1.54, 1.807) is 0 Å². The zero-order chi connectivity index (χ0) is 21.9. The summed E-state index contributed by atoms with van der Waals surface area (Å²) < 4.78 is 7.40. The zero-order valence-corrected chi connectivity index (χ0v) is 18.5. The Morgan fingerprint density at radius 1 is 1.19 bits per heavy atom. The summed E-state index contributed by atoms with van der Waals surface area (Å²) in [5.74, 6) is -0.192. The number of carbonyl (C=O) groups is 1. The van der Waals surface area contributed by atoms with Crippen molar-refractivity contribution in [2.24, 2.45) is 0 Å². The number of hydrogen-bond acceptors (Lipinski definition) is 5. The summed E-state index contributed by atoms with van der Waals surface area (Å²) in [6.45, 7) is 6.04. The molecule has 1 atom stereocenters. The Labute approximate surface area is 188 Å². The van der Waals surface area contributed by atoms with Crippen molar-refractivity contribution in [3.05, 3.63) is 76.6 Å². The Bertz CT molecular complexity index is 1090. The first-order valence-electron chi connectivity index (χ1n) is 11.4. The van der Waals surface area contributed by atoms with Crippen molar-refractivity contribution in [1.82, 2.24) is 25.2 Å². The average Bonchev–Trinajstić information content (AvgIpc) is 3.47. The lowest BCUT2D eigenvalue weighted by molar-refractivity contribution is 0.0853. The van der Waals surface area contributed by atoms with E-state index in [-0.39, 0.29) is 12.0 Å². The van der Waals surface area contributed by atoms with Crippen molar-refractivity contribution in [2.75, 3.05) is 19.7 Å². The summed E-state index contributed by atoms with van der Waals surface area (Å²) >= 11 is 0. The topological polar surface area (TPSA) is 72.3 Å². The first kappa shape index (κ1) is 20.8. The van der Waals surface area contributed by atoms with Gasteiger partial charge in [0.05, 0.1) is 17.5 Å². The molecule has 7 heteroatoms. The van der Waals surface area contributed by atoms with E-state index in [0.29, 0.717) is 12.2 Å². The number of carbonyl (C=O) groups excluding carboxylic acids is 1. The Balaban J connectivity index is 1.32. The fourth-order valence-electron chi connectivity index (χ4n) is 4.69. The van der Waals surface area contributed by atoms with Gasteiger partial charge in [-0.25, -0.2) is 4.68 Å². The molecule has 1 saturated heterocycles. The minimum atomic E-state index is -0.192. The standard InChI is InChI=1S/C25H29N5O2/c1-18-24(25(31)26-15-21-10-6-14-32-21)27-28-30(18)23-11-5-9-20-17-29(13-12-22(20)23)16-19-7-3-2-4-8-19/h2-5,7-9,11,21H,6,10,12-17H2,1H3,(H,26,31). The first-order chi connectivity index (χ1) is 15.7. The summed E-state index contributed by atoms with van der Waals surface area (Å²) in [5.41, 5.74) is 6.08. The van der Waals surface area contributed by atoms with Gasteiger partial charge in [0.25, 0.3) is 5.91 Å². The maximum absolute atomic E-state index is 12.7. The largest absolute Gasteiger partial charge is 0.376 e. The van der Waals surface area contributed by atoms with E-state index >= 15 is 0 Å². The molecule has 0 spiro atoms. The third-order valence-corrected chi connectivity index (χ3v) is 6.42. The normalized spacial score (nSPS) is 18.5.